The number of hydrogen-bond acceptors (Lipinski definition) is 2. The van der Waals surface area contributed by atoms with Crippen molar-refractivity contribution in [3.8, 4) is 6.07 Å². The second-order valence-corrected chi connectivity index (χ2v) is 8.20. The zero-order chi connectivity index (χ0) is 18.6. The summed E-state index contributed by atoms with van der Waals surface area (Å²) >= 11 is 0. The fourth-order valence-corrected chi connectivity index (χ4v) is 2.97. The molecule has 0 aliphatic heterocycles. The van der Waals surface area contributed by atoms with Crippen LogP contribution in [0.4, 0.5) is 0 Å². The highest BCUT2D eigenvalue weighted by Gasteiger charge is 2.36. The van der Waals surface area contributed by atoms with Gasteiger partial charge in [0.25, 0.3) is 5.91 Å². The minimum atomic E-state index is -0.801. The molecule has 2 atom stereocenters. The highest BCUT2D eigenvalue weighted by molar-refractivity contribution is 5.78. The average molecular weight is 343 g/mol. The van der Waals surface area contributed by atoms with Crippen LogP contribution in [-0.2, 0) is 11.3 Å². The summed E-state index contributed by atoms with van der Waals surface area (Å²) in [6.07, 6.45) is 2.37. The highest BCUT2D eigenvalue weighted by Crippen LogP contribution is 2.18. The summed E-state index contributed by atoms with van der Waals surface area (Å²) in [6, 6.07) is 11.6. The van der Waals surface area contributed by atoms with Gasteiger partial charge in [-0.3, -0.25) is 4.79 Å². The summed E-state index contributed by atoms with van der Waals surface area (Å²) in [5.41, 5.74) is 1.81. The van der Waals surface area contributed by atoms with E-state index in [1.807, 2.05) is 13.8 Å². The van der Waals surface area contributed by atoms with Crippen molar-refractivity contribution >= 4 is 5.91 Å². The Hall–Kier alpha value is -1.86. The van der Waals surface area contributed by atoms with Gasteiger partial charge in [0.05, 0.1) is 12.1 Å². The van der Waals surface area contributed by atoms with E-state index in [2.05, 4.69) is 49.5 Å². The van der Waals surface area contributed by atoms with Gasteiger partial charge in [-0.15, -0.1) is 0 Å². The molecule has 0 spiro atoms. The van der Waals surface area contributed by atoms with E-state index in [9.17, 15) is 10.1 Å². The standard InChI is InChI=1S/C21H31N3O/c1-15(2)18-8-6-17(7-9-18)12-24(19-10-11-19)13-20(25)23-21(5,14-22)16(3)4/h6-9,15-16,19H,10-13H2,1-5H3,(H,23,25)/p+1/t21-/m1/s1. The molecule has 2 N–H and O–H groups in total. The largest absolute Gasteiger partial charge is 0.333 e. The molecule has 0 bridgehead atoms. The molecule has 1 amide bonds. The van der Waals surface area contributed by atoms with Crippen molar-refractivity contribution in [1.29, 1.82) is 5.26 Å². The van der Waals surface area contributed by atoms with Gasteiger partial charge in [-0.05, 0) is 24.3 Å². The number of rotatable bonds is 8. The monoisotopic (exact) mass is 342 g/mol. The number of hydrogen-bond donors (Lipinski definition) is 2. The number of nitrogens with one attached hydrogen (secondary N) is 2. The molecule has 0 heterocycles. The molecule has 1 saturated carbocycles. The Labute approximate surface area is 152 Å². The molecule has 1 aromatic carbocycles. The third-order valence-corrected chi connectivity index (χ3v) is 5.41. The fourth-order valence-electron chi connectivity index (χ4n) is 2.97. The van der Waals surface area contributed by atoms with Gasteiger partial charge in [-0.25, -0.2) is 0 Å². The first-order chi connectivity index (χ1) is 11.7. The molecular weight excluding hydrogens is 310 g/mol. The van der Waals surface area contributed by atoms with Crippen LogP contribution in [-0.4, -0.2) is 24.0 Å². The Morgan fingerprint density at radius 3 is 2.32 bits per heavy atom. The van der Waals surface area contributed by atoms with Crippen LogP contribution in [0.15, 0.2) is 24.3 Å². The van der Waals surface area contributed by atoms with Crippen molar-refractivity contribution in [2.24, 2.45) is 5.92 Å². The number of benzene rings is 1. The van der Waals surface area contributed by atoms with Crippen LogP contribution in [0.5, 0.6) is 0 Å². The molecule has 136 valence electrons. The molecule has 0 saturated heterocycles. The quantitative estimate of drug-likeness (QED) is 0.762. The van der Waals surface area contributed by atoms with Gasteiger partial charge in [0, 0.05) is 18.4 Å². The maximum absolute atomic E-state index is 12.5. The summed E-state index contributed by atoms with van der Waals surface area (Å²) in [5.74, 6) is 0.583. The van der Waals surface area contributed by atoms with Crippen LogP contribution >= 0.6 is 0 Å². The number of nitriles is 1. The van der Waals surface area contributed by atoms with E-state index in [-0.39, 0.29) is 11.8 Å². The molecular formula is C21H32N3O+. The molecule has 1 aliphatic rings. The van der Waals surface area contributed by atoms with Crippen molar-refractivity contribution in [3.63, 3.8) is 0 Å². The van der Waals surface area contributed by atoms with Gasteiger partial charge in [-0.2, -0.15) is 5.26 Å². The van der Waals surface area contributed by atoms with Gasteiger partial charge in [0.15, 0.2) is 6.54 Å². The zero-order valence-electron chi connectivity index (χ0n) is 16.2. The lowest BCUT2D eigenvalue weighted by Crippen LogP contribution is -3.13. The number of carbonyl (C=O) groups is 1. The smallest absolute Gasteiger partial charge is 0.276 e. The lowest BCUT2D eigenvalue weighted by atomic mass is 9.90. The number of carbonyl (C=O) groups excluding carboxylic acids is 1. The predicted octanol–water partition coefficient (Wildman–Crippen LogP) is 2.41. The SMILES string of the molecule is CC(C)c1ccc(C[NH+](CC(=O)N[C@](C)(C#N)C(C)C)C2CC2)cc1. The first kappa shape index (κ1) is 19.5. The van der Waals surface area contributed by atoms with Crippen LogP contribution in [0.2, 0.25) is 0 Å². The molecule has 4 nitrogen and oxygen atoms in total. The van der Waals surface area contributed by atoms with E-state index in [0.29, 0.717) is 18.5 Å². The molecule has 0 aromatic heterocycles. The van der Waals surface area contributed by atoms with Crippen LogP contribution in [0, 0.1) is 17.2 Å². The predicted molar refractivity (Wildman–Crippen MR) is 100 cm³/mol. The first-order valence-corrected chi connectivity index (χ1v) is 9.41. The van der Waals surface area contributed by atoms with Crippen LogP contribution < -0.4 is 10.2 Å². The van der Waals surface area contributed by atoms with Crippen molar-refractivity contribution < 1.29 is 9.69 Å². The summed E-state index contributed by atoms with van der Waals surface area (Å²) in [4.78, 5) is 13.8. The minimum absolute atomic E-state index is 0.0292. The van der Waals surface area contributed by atoms with E-state index >= 15 is 0 Å². The Morgan fingerprint density at radius 2 is 1.88 bits per heavy atom. The summed E-state index contributed by atoms with van der Waals surface area (Å²) < 4.78 is 0. The van der Waals surface area contributed by atoms with Crippen LogP contribution in [0.1, 0.15) is 64.5 Å². The van der Waals surface area contributed by atoms with E-state index in [1.165, 1.54) is 28.9 Å². The van der Waals surface area contributed by atoms with E-state index in [4.69, 9.17) is 0 Å². The second kappa shape index (κ2) is 8.01. The van der Waals surface area contributed by atoms with Crippen molar-refractivity contribution in [3.05, 3.63) is 35.4 Å². The van der Waals surface area contributed by atoms with Gasteiger partial charge in [-0.1, -0.05) is 52.0 Å². The summed E-state index contributed by atoms with van der Waals surface area (Å²) in [7, 11) is 0. The number of quaternary nitrogens is 1. The van der Waals surface area contributed by atoms with E-state index < -0.39 is 5.54 Å². The Morgan fingerprint density at radius 1 is 1.28 bits per heavy atom. The van der Waals surface area contributed by atoms with Gasteiger partial charge >= 0.3 is 0 Å². The van der Waals surface area contributed by atoms with Crippen LogP contribution in [0.25, 0.3) is 0 Å². The molecule has 25 heavy (non-hydrogen) atoms. The van der Waals surface area contributed by atoms with Crippen molar-refractivity contribution in [2.75, 3.05) is 6.54 Å². The lowest BCUT2D eigenvalue weighted by molar-refractivity contribution is -0.917. The van der Waals surface area contributed by atoms with Gasteiger partial charge in [0.2, 0.25) is 0 Å². The second-order valence-electron chi connectivity index (χ2n) is 8.20. The summed E-state index contributed by atoms with van der Waals surface area (Å²) in [5, 5.41) is 12.3. The lowest BCUT2D eigenvalue weighted by Gasteiger charge is -2.28. The maximum Gasteiger partial charge on any atom is 0.276 e. The van der Waals surface area contributed by atoms with Crippen molar-refractivity contribution in [2.45, 2.75) is 71.5 Å². The molecule has 1 fully saturated rings. The van der Waals surface area contributed by atoms with E-state index in [1.54, 1.807) is 6.92 Å². The first-order valence-electron chi connectivity index (χ1n) is 9.41. The van der Waals surface area contributed by atoms with Crippen molar-refractivity contribution in [1.82, 2.24) is 5.32 Å². The van der Waals surface area contributed by atoms with E-state index in [0.717, 1.165) is 6.54 Å². The highest BCUT2D eigenvalue weighted by atomic mass is 16.2. The molecule has 2 rings (SSSR count). The number of amides is 1. The maximum atomic E-state index is 12.5. The average Bonchev–Trinajstić information content (AvgIpc) is 3.39. The molecule has 1 unspecified atom stereocenters. The topological polar surface area (TPSA) is 57.3 Å². The van der Waals surface area contributed by atoms with Gasteiger partial charge < -0.3 is 10.2 Å². The molecule has 4 heteroatoms. The number of nitrogens with zero attached hydrogens (tertiary/aromatic N) is 1. The fraction of sp³-hybridized carbons (Fsp3) is 0.619. The van der Waals surface area contributed by atoms with Gasteiger partial charge in [0.1, 0.15) is 12.1 Å². The minimum Gasteiger partial charge on any atom is -0.333 e. The Kier molecular flexibility index (Phi) is 6.24. The Bertz CT molecular complexity index is 626. The normalized spacial score (nSPS) is 17.8. The molecule has 1 aliphatic carbocycles. The molecule has 0 radical (unpaired) electrons. The van der Waals surface area contributed by atoms with Crippen LogP contribution in [0.3, 0.4) is 0 Å². The summed E-state index contributed by atoms with van der Waals surface area (Å²) in [6.45, 7) is 11.4. The molecule has 1 aromatic rings. The zero-order valence-corrected chi connectivity index (χ0v) is 16.2. The third-order valence-electron chi connectivity index (χ3n) is 5.41. The third kappa shape index (κ3) is 5.31. The Balaban J connectivity index is 1.99.